The van der Waals surface area contributed by atoms with Gasteiger partial charge in [-0.3, -0.25) is 4.79 Å². The van der Waals surface area contributed by atoms with Crippen LogP contribution in [0.2, 0.25) is 0 Å². The maximum Gasteiger partial charge on any atom is 0.409 e. The molecule has 1 unspecified atom stereocenters. The van der Waals surface area contributed by atoms with Gasteiger partial charge in [-0.15, -0.1) is 0 Å². The topological polar surface area (TPSA) is 95.9 Å². The highest BCUT2D eigenvalue weighted by atomic mass is 16.7. The van der Waals surface area contributed by atoms with Gasteiger partial charge in [-0.2, -0.15) is 0 Å². The number of ether oxygens (including phenoxy) is 1. The van der Waals surface area contributed by atoms with Gasteiger partial charge in [0.1, 0.15) is 0 Å². The van der Waals surface area contributed by atoms with Gasteiger partial charge in [-0.1, -0.05) is 97.6 Å². The molecule has 0 aliphatic heterocycles. The van der Waals surface area contributed by atoms with Crippen molar-refractivity contribution in [1.82, 2.24) is 5.32 Å². The predicted molar refractivity (Wildman–Crippen MR) is 200 cm³/mol. The first-order valence-corrected chi connectivity index (χ1v) is 21.1. The highest BCUT2D eigenvalue weighted by molar-refractivity contribution is 5.67. The van der Waals surface area contributed by atoms with Crippen LogP contribution in [0.1, 0.15) is 188 Å². The summed E-state index contributed by atoms with van der Waals surface area (Å²) in [7, 11) is 0. The van der Waals surface area contributed by atoms with E-state index in [4.69, 9.17) is 4.74 Å². The minimum atomic E-state index is -1.36. The van der Waals surface area contributed by atoms with E-state index in [-0.39, 0.29) is 11.8 Å². The molecule has 4 fully saturated rings. The standard InChI is InChI=1S/C43H75NO5/c1-5-6-7-8-9-10-11-12-13-14-15-16-17-18-19-20-31-44-40(47)49-43(48)30-29-41(3)34(32-43)22-23-35-37-25-24-36(33(2)21-26-39(45)46)42(37,4)28-27-38(35)41/h12-13,33-38,48H,5-11,14-32H2,1-4H3,(H,44,47)(H,45,46)/t33-,34?,35+,36-,37+,38+,41+,42-,43+/m1/s1. The number of hydrogen-bond acceptors (Lipinski definition) is 4. The van der Waals surface area contributed by atoms with Crippen LogP contribution in [0, 0.1) is 46.3 Å². The fraction of sp³-hybridized carbons (Fsp3) is 0.907. The zero-order valence-electron chi connectivity index (χ0n) is 32.1. The molecule has 4 rings (SSSR count). The first-order valence-electron chi connectivity index (χ1n) is 21.1. The van der Waals surface area contributed by atoms with Crippen LogP contribution >= 0.6 is 0 Å². The van der Waals surface area contributed by atoms with Crippen LogP contribution in [-0.2, 0) is 9.53 Å². The summed E-state index contributed by atoms with van der Waals surface area (Å²) < 4.78 is 5.76. The van der Waals surface area contributed by atoms with Crippen LogP contribution in [0.5, 0.6) is 0 Å². The summed E-state index contributed by atoms with van der Waals surface area (Å²) in [6.07, 6.45) is 32.4. The number of amides is 1. The molecule has 49 heavy (non-hydrogen) atoms. The average Bonchev–Trinajstić information content (AvgIpc) is 3.42. The van der Waals surface area contributed by atoms with Crippen molar-refractivity contribution < 1.29 is 24.5 Å². The van der Waals surface area contributed by atoms with Crippen molar-refractivity contribution in [3.8, 4) is 0 Å². The first kappa shape index (κ1) is 40.2. The summed E-state index contributed by atoms with van der Waals surface area (Å²) in [6.45, 7) is 10.2. The van der Waals surface area contributed by atoms with E-state index >= 15 is 0 Å². The number of alkyl carbamates (subject to hydrolysis) is 1. The maximum atomic E-state index is 12.7. The van der Waals surface area contributed by atoms with Gasteiger partial charge in [-0.25, -0.2) is 4.79 Å². The number of rotatable bonds is 21. The summed E-state index contributed by atoms with van der Waals surface area (Å²) in [5.74, 6) is 1.57. The van der Waals surface area contributed by atoms with Gasteiger partial charge in [0.05, 0.1) is 0 Å². The van der Waals surface area contributed by atoms with Crippen LogP contribution in [0.15, 0.2) is 12.2 Å². The van der Waals surface area contributed by atoms with Crippen molar-refractivity contribution in [3.05, 3.63) is 12.2 Å². The Kier molecular flexibility index (Phi) is 15.9. The Hall–Kier alpha value is -1.56. The molecule has 0 aromatic rings. The maximum absolute atomic E-state index is 12.7. The molecule has 9 atom stereocenters. The van der Waals surface area contributed by atoms with Crippen LogP contribution in [0.4, 0.5) is 4.79 Å². The van der Waals surface area contributed by atoms with Crippen molar-refractivity contribution in [2.45, 2.75) is 194 Å². The number of unbranched alkanes of at least 4 members (excludes halogenated alkanes) is 12. The highest BCUT2D eigenvalue weighted by Crippen LogP contribution is 2.69. The van der Waals surface area contributed by atoms with Crippen LogP contribution in [0.25, 0.3) is 0 Å². The van der Waals surface area contributed by atoms with E-state index in [2.05, 4.69) is 45.2 Å². The molecule has 4 aliphatic rings. The second kappa shape index (κ2) is 19.3. The van der Waals surface area contributed by atoms with Crippen molar-refractivity contribution in [3.63, 3.8) is 0 Å². The van der Waals surface area contributed by atoms with E-state index in [0.717, 1.165) is 43.9 Å². The Morgan fingerprint density at radius 1 is 0.796 bits per heavy atom. The summed E-state index contributed by atoms with van der Waals surface area (Å²) in [4.78, 5) is 24.0. The largest absolute Gasteiger partial charge is 0.481 e. The van der Waals surface area contributed by atoms with Gasteiger partial charge in [0, 0.05) is 25.8 Å². The number of aliphatic hydroxyl groups is 1. The highest BCUT2D eigenvalue weighted by Gasteiger charge is 2.62. The molecule has 0 heterocycles. The zero-order chi connectivity index (χ0) is 35.3. The number of carbonyl (C=O) groups is 2. The lowest BCUT2D eigenvalue weighted by atomic mass is 9.44. The minimum absolute atomic E-state index is 0.188. The average molecular weight is 686 g/mol. The number of nitrogens with one attached hydrogen (secondary N) is 1. The van der Waals surface area contributed by atoms with Crippen LogP contribution < -0.4 is 5.32 Å². The Morgan fingerprint density at radius 2 is 1.43 bits per heavy atom. The molecule has 282 valence electrons. The number of aliphatic carboxylic acids is 1. The van der Waals surface area contributed by atoms with E-state index in [1.165, 1.54) is 109 Å². The fourth-order valence-electron chi connectivity index (χ4n) is 11.6. The van der Waals surface area contributed by atoms with E-state index in [9.17, 15) is 19.8 Å². The molecule has 0 aromatic carbocycles. The normalized spacial score (nSPS) is 34.6. The quantitative estimate of drug-likeness (QED) is 0.0635. The Bertz CT molecular complexity index is 1050. The van der Waals surface area contributed by atoms with Gasteiger partial charge < -0.3 is 20.3 Å². The fourth-order valence-corrected chi connectivity index (χ4v) is 11.6. The zero-order valence-corrected chi connectivity index (χ0v) is 32.1. The summed E-state index contributed by atoms with van der Waals surface area (Å²) in [5.41, 5.74) is 0.510. The number of fused-ring (bicyclic) bond motifs is 5. The van der Waals surface area contributed by atoms with E-state index in [1.54, 1.807) is 0 Å². The van der Waals surface area contributed by atoms with E-state index in [1.807, 2.05) is 0 Å². The van der Waals surface area contributed by atoms with Crippen molar-refractivity contribution in [2.24, 2.45) is 46.3 Å². The molecule has 0 aromatic heterocycles. The van der Waals surface area contributed by atoms with Crippen LogP contribution in [-0.4, -0.2) is 34.6 Å². The Morgan fingerprint density at radius 3 is 2.10 bits per heavy atom. The Labute approximate surface area is 300 Å². The third-order valence-corrected chi connectivity index (χ3v) is 14.5. The number of carbonyl (C=O) groups excluding carboxylic acids is 1. The molecule has 6 heteroatoms. The molecule has 4 aliphatic carbocycles. The lowest BCUT2D eigenvalue weighted by Gasteiger charge is -2.62. The molecule has 0 bridgehead atoms. The van der Waals surface area contributed by atoms with Gasteiger partial charge in [-0.05, 0) is 130 Å². The van der Waals surface area contributed by atoms with Gasteiger partial charge in [0.2, 0.25) is 5.79 Å². The summed E-state index contributed by atoms with van der Waals surface area (Å²) in [6, 6.07) is 0. The number of carboxylic acid groups (broad SMARTS) is 1. The molecule has 3 N–H and O–H groups in total. The second-order valence-corrected chi connectivity index (χ2v) is 17.7. The van der Waals surface area contributed by atoms with Crippen LogP contribution in [0.3, 0.4) is 0 Å². The smallest absolute Gasteiger partial charge is 0.409 e. The second-order valence-electron chi connectivity index (χ2n) is 17.7. The third kappa shape index (κ3) is 11.0. The van der Waals surface area contributed by atoms with E-state index < -0.39 is 17.8 Å². The first-order chi connectivity index (χ1) is 23.5. The summed E-state index contributed by atoms with van der Waals surface area (Å²) >= 11 is 0. The van der Waals surface area contributed by atoms with Gasteiger partial charge in [0.25, 0.3) is 0 Å². The molecule has 0 saturated heterocycles. The molecule has 6 nitrogen and oxygen atoms in total. The molecule has 0 radical (unpaired) electrons. The monoisotopic (exact) mass is 686 g/mol. The number of carboxylic acids is 1. The lowest BCUT2D eigenvalue weighted by Crippen LogP contribution is -2.57. The molecule has 1 amide bonds. The molecular weight excluding hydrogens is 610 g/mol. The van der Waals surface area contributed by atoms with Crippen molar-refractivity contribution in [2.75, 3.05) is 6.54 Å². The Balaban J connectivity index is 1.09. The van der Waals surface area contributed by atoms with Crippen molar-refractivity contribution >= 4 is 12.1 Å². The number of hydrogen-bond donors (Lipinski definition) is 3. The molecule has 0 spiro atoms. The molecule has 4 saturated carbocycles. The predicted octanol–water partition coefficient (Wildman–Crippen LogP) is 11.6. The van der Waals surface area contributed by atoms with Gasteiger partial charge >= 0.3 is 12.1 Å². The third-order valence-electron chi connectivity index (χ3n) is 14.5. The van der Waals surface area contributed by atoms with E-state index in [0.29, 0.717) is 48.5 Å². The SMILES string of the molecule is CCCCCCCCC=CCCCCCCCCNC(=O)O[C@@]1(O)CC[C@@]2(C)C(CC[C@H]3[C@@H]4CC[C@H]([C@H](C)CCC(=O)O)[C@@]4(C)CC[C@@H]32)C1. The summed E-state index contributed by atoms with van der Waals surface area (Å²) in [5, 5.41) is 23.7. The molecular formula is C43H75NO5. The van der Waals surface area contributed by atoms with Crippen molar-refractivity contribution in [1.29, 1.82) is 0 Å². The number of allylic oxidation sites excluding steroid dienone is 2. The lowest BCUT2D eigenvalue weighted by molar-refractivity contribution is -0.232. The van der Waals surface area contributed by atoms with Gasteiger partial charge in [0.15, 0.2) is 0 Å². The minimum Gasteiger partial charge on any atom is -0.481 e.